The maximum Gasteiger partial charge on any atom is 0.472 e. The smallest absolute Gasteiger partial charge is 0.455 e. The number of benzene rings is 1. The molecular formula is C25H30N5O8PS. The summed E-state index contributed by atoms with van der Waals surface area (Å²) in [6, 6.07) is 9.76. The normalized spacial score (nSPS) is 26.0. The number of carbonyl (C=O) groups excluding carboxylic acids is 2. The van der Waals surface area contributed by atoms with Crippen LogP contribution in [0.1, 0.15) is 51.3 Å². The summed E-state index contributed by atoms with van der Waals surface area (Å²) in [5.41, 5.74) is 1.69. The summed E-state index contributed by atoms with van der Waals surface area (Å²) in [5, 5.41) is 3.25. The second-order valence-corrected chi connectivity index (χ2v) is 11.7. The first-order valence-corrected chi connectivity index (χ1v) is 15.5. The van der Waals surface area contributed by atoms with Crippen molar-refractivity contribution < 1.29 is 37.6 Å². The molecule has 0 aliphatic carbocycles. The first-order chi connectivity index (χ1) is 19.3. The standard InChI is InChI=1S/C25H30N5O8PS/c1-3-8-17(31)28-22-19-23(27-14-26-22)30(25(29-19)40-13-15-10-6-5-7-11-15)24-21(37-18(32)9-4-2)20-16(36-24)12-35-39(33,34)38-20/h5-7,10-11,14,16,20-21,24H,3-4,8-9,12-13H2,1-2H3,(H,33,34)(H,26,27,28,31)/t16-,20-,21-,24-/m1/s1. The van der Waals surface area contributed by atoms with E-state index in [4.69, 9.17) is 23.5 Å². The van der Waals surface area contributed by atoms with Crippen LogP contribution < -0.4 is 5.32 Å². The Bertz CT molecular complexity index is 1420. The molecule has 1 unspecified atom stereocenters. The van der Waals surface area contributed by atoms with Crippen molar-refractivity contribution >= 4 is 48.4 Å². The number of hydrogen-bond donors (Lipinski definition) is 2. The highest BCUT2D eigenvalue weighted by Crippen LogP contribution is 2.53. The number of esters is 1. The van der Waals surface area contributed by atoms with Crippen molar-refractivity contribution in [3.8, 4) is 0 Å². The highest BCUT2D eigenvalue weighted by molar-refractivity contribution is 7.98. The fraction of sp³-hybridized carbons (Fsp3) is 0.480. The van der Waals surface area contributed by atoms with Crippen molar-refractivity contribution in [1.29, 1.82) is 0 Å². The lowest BCUT2D eigenvalue weighted by atomic mass is 10.1. The van der Waals surface area contributed by atoms with Crippen LogP contribution in [-0.4, -0.2) is 61.2 Å². The minimum Gasteiger partial charge on any atom is -0.455 e. The Morgan fingerprint density at radius 1 is 1.20 bits per heavy atom. The molecule has 2 aliphatic rings. The van der Waals surface area contributed by atoms with Crippen molar-refractivity contribution in [3.63, 3.8) is 0 Å². The van der Waals surface area contributed by atoms with Crippen LogP contribution >= 0.6 is 19.6 Å². The van der Waals surface area contributed by atoms with E-state index in [1.54, 1.807) is 4.57 Å². The maximum atomic E-state index is 12.6. The lowest BCUT2D eigenvalue weighted by Crippen LogP contribution is -2.41. The quantitative estimate of drug-likeness (QED) is 0.198. The van der Waals surface area contributed by atoms with Crippen LogP contribution in [0.4, 0.5) is 5.82 Å². The monoisotopic (exact) mass is 591 g/mol. The van der Waals surface area contributed by atoms with Gasteiger partial charge in [0.05, 0.1) is 6.61 Å². The van der Waals surface area contributed by atoms with E-state index in [0.29, 0.717) is 41.3 Å². The van der Waals surface area contributed by atoms with Gasteiger partial charge in [0.2, 0.25) is 5.91 Å². The van der Waals surface area contributed by atoms with Gasteiger partial charge in [0.1, 0.15) is 18.5 Å². The molecule has 4 heterocycles. The number of ether oxygens (including phenoxy) is 2. The number of nitrogens with zero attached hydrogens (tertiary/aromatic N) is 4. The second kappa shape index (κ2) is 12.3. The van der Waals surface area contributed by atoms with Crippen molar-refractivity contribution in [1.82, 2.24) is 19.5 Å². The fourth-order valence-electron chi connectivity index (χ4n) is 4.52. The number of rotatable bonds is 10. The minimum absolute atomic E-state index is 0.143. The van der Waals surface area contributed by atoms with Crippen LogP contribution in [-0.2, 0) is 38.4 Å². The summed E-state index contributed by atoms with van der Waals surface area (Å²) >= 11 is 1.39. The molecule has 1 amide bonds. The molecule has 5 rings (SSSR count). The van der Waals surface area contributed by atoms with E-state index < -0.39 is 38.3 Å². The Hall–Kier alpha value is -2.87. The summed E-state index contributed by atoms with van der Waals surface area (Å²) in [4.78, 5) is 48.5. The topological polar surface area (TPSA) is 164 Å². The number of phosphoric acid groups is 1. The third kappa shape index (κ3) is 6.22. The zero-order chi connectivity index (χ0) is 28.3. The van der Waals surface area contributed by atoms with Gasteiger partial charge in [-0.2, -0.15) is 0 Å². The Labute approximate surface area is 234 Å². The SMILES string of the molecule is CCCC(=O)Nc1ncnc2c1nc(SCc1ccccc1)n2[C@@H]1O[C@@H]2COP(=O)(O)O[C@H]2[C@H]1OC(=O)CCC. The maximum absolute atomic E-state index is 12.6. The number of amides is 1. The Morgan fingerprint density at radius 3 is 2.73 bits per heavy atom. The predicted octanol–water partition coefficient (Wildman–Crippen LogP) is 3.98. The van der Waals surface area contributed by atoms with E-state index in [1.807, 2.05) is 44.2 Å². The van der Waals surface area contributed by atoms with Crippen LogP contribution in [0, 0.1) is 0 Å². The Kier molecular flexibility index (Phi) is 8.83. The van der Waals surface area contributed by atoms with Crippen LogP contribution in [0.2, 0.25) is 0 Å². The van der Waals surface area contributed by atoms with E-state index in [1.165, 1.54) is 18.1 Å². The van der Waals surface area contributed by atoms with E-state index in [0.717, 1.165) is 5.56 Å². The van der Waals surface area contributed by atoms with Crippen molar-refractivity contribution in [2.24, 2.45) is 0 Å². The van der Waals surface area contributed by atoms with Gasteiger partial charge in [-0.05, 0) is 18.4 Å². The molecule has 0 radical (unpaired) electrons. The van der Waals surface area contributed by atoms with Crippen molar-refractivity contribution in [2.75, 3.05) is 11.9 Å². The van der Waals surface area contributed by atoms with Gasteiger partial charge < -0.3 is 19.7 Å². The third-order valence-electron chi connectivity index (χ3n) is 6.31. The zero-order valence-electron chi connectivity index (χ0n) is 22.0. The summed E-state index contributed by atoms with van der Waals surface area (Å²) in [6.07, 6.45) is -1.02. The Morgan fingerprint density at radius 2 is 1.98 bits per heavy atom. The van der Waals surface area contributed by atoms with Crippen LogP contribution in [0.15, 0.2) is 41.8 Å². The number of thioether (sulfide) groups is 1. The molecular weight excluding hydrogens is 561 g/mol. The second-order valence-electron chi connectivity index (χ2n) is 9.34. The molecule has 2 aliphatic heterocycles. The van der Waals surface area contributed by atoms with Gasteiger partial charge in [0.25, 0.3) is 0 Å². The van der Waals surface area contributed by atoms with Gasteiger partial charge in [-0.1, -0.05) is 55.9 Å². The number of hydrogen-bond acceptors (Lipinski definition) is 11. The average Bonchev–Trinajstić information content (AvgIpc) is 3.46. The average molecular weight is 592 g/mol. The lowest BCUT2D eigenvalue weighted by Gasteiger charge is -2.29. The molecule has 3 aromatic rings. The van der Waals surface area contributed by atoms with Gasteiger partial charge >= 0.3 is 13.8 Å². The van der Waals surface area contributed by atoms with Crippen LogP contribution in [0.25, 0.3) is 11.2 Å². The van der Waals surface area contributed by atoms with Gasteiger partial charge in [-0.15, -0.1) is 0 Å². The molecule has 1 aromatic carbocycles. The van der Waals surface area contributed by atoms with E-state index in [2.05, 4.69) is 15.3 Å². The van der Waals surface area contributed by atoms with Crippen LogP contribution in [0.5, 0.6) is 0 Å². The number of anilines is 1. The third-order valence-corrected chi connectivity index (χ3v) is 8.32. The van der Waals surface area contributed by atoms with Gasteiger partial charge in [-0.3, -0.25) is 23.2 Å². The largest absolute Gasteiger partial charge is 0.472 e. The van der Waals surface area contributed by atoms with E-state index in [-0.39, 0.29) is 24.8 Å². The first kappa shape index (κ1) is 28.7. The molecule has 15 heteroatoms. The molecule has 40 heavy (non-hydrogen) atoms. The van der Waals surface area contributed by atoms with Gasteiger partial charge in [-0.25, -0.2) is 19.5 Å². The number of phosphoric ester groups is 1. The minimum atomic E-state index is -4.37. The highest BCUT2D eigenvalue weighted by Gasteiger charge is 2.55. The molecule has 0 saturated carbocycles. The first-order valence-electron chi connectivity index (χ1n) is 13.0. The molecule has 13 nitrogen and oxygen atoms in total. The highest BCUT2D eigenvalue weighted by atomic mass is 32.2. The lowest BCUT2D eigenvalue weighted by molar-refractivity contribution is -0.158. The predicted molar refractivity (Wildman–Crippen MR) is 144 cm³/mol. The number of carbonyl (C=O) groups is 2. The van der Waals surface area contributed by atoms with Crippen molar-refractivity contribution in [2.45, 2.75) is 75.0 Å². The molecule has 5 atom stereocenters. The molecule has 0 bridgehead atoms. The summed E-state index contributed by atoms with van der Waals surface area (Å²) in [7, 11) is -4.37. The van der Waals surface area contributed by atoms with Crippen molar-refractivity contribution in [3.05, 3.63) is 42.2 Å². The molecule has 214 valence electrons. The summed E-state index contributed by atoms with van der Waals surface area (Å²) in [6.45, 7) is 3.51. The van der Waals surface area contributed by atoms with Gasteiger partial charge in [0, 0.05) is 18.6 Å². The Balaban J connectivity index is 1.58. The zero-order valence-corrected chi connectivity index (χ0v) is 23.7. The molecule has 2 saturated heterocycles. The number of fused-ring (bicyclic) bond motifs is 2. The summed E-state index contributed by atoms with van der Waals surface area (Å²) < 4.78 is 36.3. The van der Waals surface area contributed by atoms with E-state index >= 15 is 0 Å². The van der Waals surface area contributed by atoms with Gasteiger partial charge in [0.15, 0.2) is 34.5 Å². The molecule has 2 N–H and O–H groups in total. The molecule has 2 aromatic heterocycles. The van der Waals surface area contributed by atoms with Crippen LogP contribution in [0.3, 0.4) is 0 Å². The number of aromatic nitrogens is 4. The summed E-state index contributed by atoms with van der Waals surface area (Å²) in [5.74, 6) is 0.0579. The molecule has 2 fully saturated rings. The van der Waals surface area contributed by atoms with E-state index in [9.17, 15) is 19.0 Å². The fourth-order valence-corrected chi connectivity index (χ4v) is 6.46. The number of imidazole rings is 1. The molecule has 0 spiro atoms. The number of nitrogens with one attached hydrogen (secondary N) is 1.